The molecule has 0 amide bonds. The van der Waals surface area contributed by atoms with E-state index in [-0.39, 0.29) is 7.27 Å². The molecule has 0 saturated heterocycles. The predicted octanol–water partition coefficient (Wildman–Crippen LogP) is 8.12. The van der Waals surface area contributed by atoms with E-state index in [2.05, 4.69) is 13.8 Å². The average molecular weight is 321 g/mol. The third-order valence-corrected chi connectivity index (χ3v) is 6.63. The Balaban J connectivity index is 3.07. The van der Waals surface area contributed by atoms with Crippen LogP contribution < -0.4 is 0 Å². The Bertz CT molecular complexity index is 173. The molecular formula is C18H38ClP. The van der Waals surface area contributed by atoms with Crippen LogP contribution in [-0.4, -0.2) is 12.3 Å². The van der Waals surface area contributed by atoms with Crippen molar-refractivity contribution in [1.82, 2.24) is 0 Å². The van der Waals surface area contributed by atoms with E-state index in [9.17, 15) is 0 Å². The molecule has 0 aliphatic heterocycles. The van der Waals surface area contributed by atoms with Crippen molar-refractivity contribution in [3.8, 4) is 0 Å². The summed E-state index contributed by atoms with van der Waals surface area (Å²) in [5.74, 6) is 0. The summed E-state index contributed by atoms with van der Waals surface area (Å²) in [6.45, 7) is 4.56. The topological polar surface area (TPSA) is 0 Å². The van der Waals surface area contributed by atoms with Gasteiger partial charge in [0, 0.05) is 0 Å². The average Bonchev–Trinajstić information content (AvgIpc) is 2.45. The second kappa shape index (κ2) is 17.8. The smallest absolute Gasteiger partial charge is 0.00973 e. The van der Waals surface area contributed by atoms with Crippen molar-refractivity contribution in [3.63, 3.8) is 0 Å². The monoisotopic (exact) mass is 320 g/mol. The van der Waals surface area contributed by atoms with Gasteiger partial charge in [0.15, 0.2) is 0 Å². The molecule has 0 aromatic rings. The second-order valence-electron chi connectivity index (χ2n) is 6.15. The third kappa shape index (κ3) is 16.8. The molecule has 2 heteroatoms. The van der Waals surface area contributed by atoms with Crippen molar-refractivity contribution >= 4 is 18.5 Å². The molecule has 0 aliphatic carbocycles. The van der Waals surface area contributed by atoms with E-state index in [0.717, 1.165) is 0 Å². The Labute approximate surface area is 135 Å². The van der Waals surface area contributed by atoms with Gasteiger partial charge in [0.25, 0.3) is 0 Å². The van der Waals surface area contributed by atoms with Crippen LogP contribution in [-0.2, 0) is 0 Å². The van der Waals surface area contributed by atoms with Crippen LogP contribution >= 0.6 is 18.5 Å². The fourth-order valence-corrected chi connectivity index (χ4v) is 4.67. The Kier molecular flexibility index (Phi) is 18.4. The van der Waals surface area contributed by atoms with Gasteiger partial charge in [-0.25, -0.2) is 0 Å². The molecule has 0 rings (SSSR count). The third-order valence-electron chi connectivity index (χ3n) is 4.01. The summed E-state index contributed by atoms with van der Waals surface area (Å²) >= 11 is 6.44. The highest BCUT2D eigenvalue weighted by molar-refractivity contribution is 7.83. The molecule has 0 aromatic heterocycles. The molecule has 0 N–H and O–H groups in total. The summed E-state index contributed by atoms with van der Waals surface area (Å²) in [4.78, 5) is 0. The molecule has 1 atom stereocenters. The SMILES string of the molecule is CCCCCCCCCCCCP(Cl)CCCCCC. The van der Waals surface area contributed by atoms with Gasteiger partial charge >= 0.3 is 0 Å². The number of hydrogen-bond donors (Lipinski definition) is 0. The van der Waals surface area contributed by atoms with E-state index in [1.807, 2.05) is 0 Å². The van der Waals surface area contributed by atoms with E-state index < -0.39 is 0 Å². The van der Waals surface area contributed by atoms with Gasteiger partial charge in [-0.05, 0) is 32.4 Å². The zero-order chi connectivity index (χ0) is 14.9. The zero-order valence-electron chi connectivity index (χ0n) is 14.1. The molecule has 122 valence electrons. The maximum Gasteiger partial charge on any atom is -0.00973 e. The molecule has 0 fully saturated rings. The van der Waals surface area contributed by atoms with Gasteiger partial charge in [-0.1, -0.05) is 102 Å². The normalized spacial score (nSPS) is 12.8. The van der Waals surface area contributed by atoms with Crippen LogP contribution in [0.5, 0.6) is 0 Å². The molecular weight excluding hydrogens is 283 g/mol. The van der Waals surface area contributed by atoms with E-state index in [4.69, 9.17) is 11.2 Å². The van der Waals surface area contributed by atoms with Gasteiger partial charge in [-0.3, -0.25) is 0 Å². The quantitative estimate of drug-likeness (QED) is 0.199. The van der Waals surface area contributed by atoms with Crippen molar-refractivity contribution in [3.05, 3.63) is 0 Å². The van der Waals surface area contributed by atoms with Gasteiger partial charge in [0.05, 0.1) is 0 Å². The Hall–Kier alpha value is 0.720. The van der Waals surface area contributed by atoms with Gasteiger partial charge in [0.2, 0.25) is 0 Å². The first kappa shape index (κ1) is 20.7. The van der Waals surface area contributed by atoms with E-state index >= 15 is 0 Å². The van der Waals surface area contributed by atoms with Crippen molar-refractivity contribution < 1.29 is 0 Å². The summed E-state index contributed by atoms with van der Waals surface area (Å²) in [6, 6.07) is 0. The molecule has 0 bridgehead atoms. The van der Waals surface area contributed by atoms with Crippen LogP contribution in [0, 0.1) is 0 Å². The molecule has 0 aromatic carbocycles. The summed E-state index contributed by atoms with van der Waals surface area (Å²) in [5.41, 5.74) is 0. The second-order valence-corrected chi connectivity index (χ2v) is 9.41. The van der Waals surface area contributed by atoms with Crippen molar-refractivity contribution in [1.29, 1.82) is 0 Å². The standard InChI is InChI=1S/C18H38ClP/c1-3-5-7-9-10-11-12-13-14-16-18-20(19)17-15-8-6-4-2/h3-18H2,1-2H3. The Morgan fingerprint density at radius 1 is 0.500 bits per heavy atom. The van der Waals surface area contributed by atoms with Crippen LogP contribution in [0.1, 0.15) is 104 Å². The van der Waals surface area contributed by atoms with Gasteiger partial charge < -0.3 is 0 Å². The first-order chi connectivity index (χ1) is 9.81. The highest BCUT2D eigenvalue weighted by Crippen LogP contribution is 2.43. The summed E-state index contributed by atoms with van der Waals surface area (Å²) in [5, 5.41) is 0. The summed E-state index contributed by atoms with van der Waals surface area (Å²) in [7, 11) is -0.159. The predicted molar refractivity (Wildman–Crippen MR) is 98.5 cm³/mol. The van der Waals surface area contributed by atoms with Gasteiger partial charge in [-0.2, -0.15) is 0 Å². The van der Waals surface area contributed by atoms with Crippen LogP contribution in [0.3, 0.4) is 0 Å². The first-order valence-corrected chi connectivity index (χ1v) is 11.8. The van der Waals surface area contributed by atoms with Crippen LogP contribution in [0.2, 0.25) is 0 Å². The number of rotatable bonds is 16. The number of halogens is 1. The minimum absolute atomic E-state index is 0.159. The lowest BCUT2D eigenvalue weighted by Gasteiger charge is -2.09. The number of unbranched alkanes of at least 4 members (excludes halogenated alkanes) is 12. The van der Waals surface area contributed by atoms with Crippen molar-refractivity contribution in [2.45, 2.75) is 104 Å². The highest BCUT2D eigenvalue weighted by Gasteiger charge is 2.03. The maximum atomic E-state index is 6.44. The molecule has 0 nitrogen and oxygen atoms in total. The minimum atomic E-state index is -0.159. The molecule has 0 aliphatic rings. The van der Waals surface area contributed by atoms with Crippen molar-refractivity contribution in [2.75, 3.05) is 12.3 Å². The molecule has 20 heavy (non-hydrogen) atoms. The molecule has 0 radical (unpaired) electrons. The molecule has 0 heterocycles. The Morgan fingerprint density at radius 3 is 1.20 bits per heavy atom. The fraction of sp³-hybridized carbons (Fsp3) is 1.00. The molecule has 0 saturated carbocycles. The largest absolute Gasteiger partial charge is 0.0964 e. The lowest BCUT2D eigenvalue weighted by atomic mass is 10.1. The first-order valence-electron chi connectivity index (χ1n) is 9.22. The fourth-order valence-electron chi connectivity index (χ4n) is 2.59. The van der Waals surface area contributed by atoms with Crippen LogP contribution in [0.4, 0.5) is 0 Å². The molecule has 1 unspecified atom stereocenters. The minimum Gasteiger partial charge on any atom is -0.0964 e. The summed E-state index contributed by atoms with van der Waals surface area (Å²) in [6.07, 6.45) is 22.4. The summed E-state index contributed by atoms with van der Waals surface area (Å²) < 4.78 is 0. The maximum absolute atomic E-state index is 6.44. The van der Waals surface area contributed by atoms with Gasteiger partial charge in [0.1, 0.15) is 0 Å². The number of hydrogen-bond acceptors (Lipinski definition) is 0. The zero-order valence-corrected chi connectivity index (χ0v) is 15.8. The van der Waals surface area contributed by atoms with E-state index in [1.54, 1.807) is 0 Å². The Morgan fingerprint density at radius 2 is 0.800 bits per heavy atom. The molecule has 0 spiro atoms. The van der Waals surface area contributed by atoms with Crippen molar-refractivity contribution in [2.24, 2.45) is 0 Å². The van der Waals surface area contributed by atoms with Gasteiger partial charge in [-0.15, -0.1) is 0 Å². The lowest BCUT2D eigenvalue weighted by molar-refractivity contribution is 0.563. The van der Waals surface area contributed by atoms with Crippen LogP contribution in [0.15, 0.2) is 0 Å². The van der Waals surface area contributed by atoms with E-state index in [0.29, 0.717) is 0 Å². The van der Waals surface area contributed by atoms with Crippen LogP contribution in [0.25, 0.3) is 0 Å². The highest BCUT2D eigenvalue weighted by atomic mass is 35.7. The lowest BCUT2D eigenvalue weighted by Crippen LogP contribution is -1.88. The van der Waals surface area contributed by atoms with E-state index in [1.165, 1.54) is 102 Å².